The summed E-state index contributed by atoms with van der Waals surface area (Å²) in [4.78, 5) is 27.1. The smallest absolute Gasteiger partial charge is 0.255 e. The number of anilines is 1. The molecule has 3 rings (SSSR count). The van der Waals surface area contributed by atoms with Gasteiger partial charge in [-0.25, -0.2) is 15.0 Å². The Morgan fingerprint density at radius 1 is 1.32 bits per heavy atom. The highest BCUT2D eigenvalue weighted by Gasteiger charge is 2.28. The summed E-state index contributed by atoms with van der Waals surface area (Å²) >= 11 is 0. The lowest BCUT2D eigenvalue weighted by atomic mass is 10.1. The molecule has 0 bridgehead atoms. The fourth-order valence-corrected chi connectivity index (χ4v) is 2.57. The van der Waals surface area contributed by atoms with Gasteiger partial charge in [-0.2, -0.15) is 0 Å². The second kappa shape index (κ2) is 5.84. The topological polar surface area (TPSA) is 73.1 Å². The Morgan fingerprint density at radius 2 is 2.14 bits per heavy atom. The van der Waals surface area contributed by atoms with Crippen LogP contribution in [0.5, 0.6) is 0 Å². The van der Waals surface area contributed by atoms with Gasteiger partial charge in [0.25, 0.3) is 5.56 Å². The van der Waals surface area contributed by atoms with Gasteiger partial charge < -0.3 is 9.64 Å². The number of rotatable bonds is 2. The molecule has 0 radical (unpaired) electrons. The highest BCUT2D eigenvalue weighted by Crippen LogP contribution is 2.22. The maximum Gasteiger partial charge on any atom is 0.255 e. The Labute approximate surface area is 128 Å². The van der Waals surface area contributed by atoms with Crippen LogP contribution in [0.1, 0.15) is 13.8 Å². The fraction of sp³-hybridized carbons (Fsp3) is 0.467. The van der Waals surface area contributed by atoms with E-state index in [1.54, 1.807) is 23.9 Å². The first-order chi connectivity index (χ1) is 10.6. The molecule has 1 aliphatic heterocycles. The molecule has 0 amide bonds. The van der Waals surface area contributed by atoms with E-state index in [-0.39, 0.29) is 17.7 Å². The van der Waals surface area contributed by atoms with Crippen molar-refractivity contribution < 1.29 is 4.74 Å². The second-order valence-corrected chi connectivity index (χ2v) is 5.44. The largest absolute Gasteiger partial charge is 0.375 e. The molecule has 1 saturated heterocycles. The molecule has 7 nitrogen and oxygen atoms in total. The molecule has 116 valence electrons. The SMILES string of the molecule is C[C@@H]1[C@@H](C)OCCN1c1nc(-c2ccncn2)cc(=O)n1C. The quantitative estimate of drug-likeness (QED) is 0.819. The molecule has 2 atom stereocenters. The van der Waals surface area contributed by atoms with Crippen molar-refractivity contribution in [2.24, 2.45) is 7.05 Å². The molecule has 0 aromatic carbocycles. The lowest BCUT2D eigenvalue weighted by molar-refractivity contribution is 0.0274. The summed E-state index contributed by atoms with van der Waals surface area (Å²) in [7, 11) is 1.74. The number of hydrogen-bond acceptors (Lipinski definition) is 6. The van der Waals surface area contributed by atoms with Crippen molar-refractivity contribution in [1.29, 1.82) is 0 Å². The minimum Gasteiger partial charge on any atom is -0.375 e. The van der Waals surface area contributed by atoms with Gasteiger partial charge in [-0.1, -0.05) is 0 Å². The van der Waals surface area contributed by atoms with Gasteiger partial charge >= 0.3 is 0 Å². The highest BCUT2D eigenvalue weighted by atomic mass is 16.5. The van der Waals surface area contributed by atoms with E-state index in [1.807, 2.05) is 6.92 Å². The molecule has 0 aliphatic carbocycles. The molecule has 2 aromatic heterocycles. The van der Waals surface area contributed by atoms with Crippen molar-refractivity contribution in [2.75, 3.05) is 18.1 Å². The summed E-state index contributed by atoms with van der Waals surface area (Å²) in [6, 6.07) is 3.39. The number of ether oxygens (including phenoxy) is 1. The van der Waals surface area contributed by atoms with Gasteiger partial charge in [0, 0.05) is 25.9 Å². The monoisotopic (exact) mass is 301 g/mol. The summed E-state index contributed by atoms with van der Waals surface area (Å²) in [5.41, 5.74) is 1.10. The van der Waals surface area contributed by atoms with E-state index < -0.39 is 0 Å². The minimum atomic E-state index is -0.107. The molecule has 0 saturated carbocycles. The molecule has 0 N–H and O–H groups in total. The summed E-state index contributed by atoms with van der Waals surface area (Å²) in [5.74, 6) is 0.642. The van der Waals surface area contributed by atoms with Gasteiger partial charge in [0.05, 0.1) is 30.1 Å². The van der Waals surface area contributed by atoms with E-state index in [9.17, 15) is 4.79 Å². The number of aromatic nitrogens is 4. The van der Waals surface area contributed by atoms with Crippen molar-refractivity contribution in [3.05, 3.63) is 35.0 Å². The molecule has 1 fully saturated rings. The normalized spacial score (nSPS) is 21.9. The fourth-order valence-electron chi connectivity index (χ4n) is 2.57. The van der Waals surface area contributed by atoms with Crippen LogP contribution >= 0.6 is 0 Å². The molecule has 22 heavy (non-hydrogen) atoms. The van der Waals surface area contributed by atoms with Crippen molar-refractivity contribution in [1.82, 2.24) is 19.5 Å². The van der Waals surface area contributed by atoms with Crippen LogP contribution < -0.4 is 10.5 Å². The molecule has 1 aliphatic rings. The molecule has 7 heteroatoms. The maximum absolute atomic E-state index is 12.3. The van der Waals surface area contributed by atoms with Crippen molar-refractivity contribution >= 4 is 5.95 Å². The average molecular weight is 301 g/mol. The van der Waals surface area contributed by atoms with Crippen LogP contribution in [0, 0.1) is 0 Å². The molecule has 2 aromatic rings. The first-order valence-electron chi connectivity index (χ1n) is 7.30. The Kier molecular flexibility index (Phi) is 3.89. The van der Waals surface area contributed by atoms with Gasteiger partial charge in [0.1, 0.15) is 6.33 Å². The number of nitrogens with zero attached hydrogens (tertiary/aromatic N) is 5. The van der Waals surface area contributed by atoms with E-state index >= 15 is 0 Å². The van der Waals surface area contributed by atoms with Gasteiger partial charge in [0.15, 0.2) is 0 Å². The van der Waals surface area contributed by atoms with E-state index in [1.165, 1.54) is 12.4 Å². The van der Waals surface area contributed by atoms with Gasteiger partial charge in [-0.3, -0.25) is 9.36 Å². The molecule has 3 heterocycles. The highest BCUT2D eigenvalue weighted by molar-refractivity contribution is 5.55. The lowest BCUT2D eigenvalue weighted by Crippen LogP contribution is -2.50. The Hall–Kier alpha value is -2.28. The van der Waals surface area contributed by atoms with Crippen LogP contribution in [0.15, 0.2) is 29.5 Å². The average Bonchev–Trinajstić information content (AvgIpc) is 2.54. The molecule has 0 spiro atoms. The standard InChI is InChI=1S/C15H19N5O2/c1-10-11(2)22-7-6-20(10)15-18-13(8-14(21)19(15)3)12-4-5-16-9-17-12/h4-5,8-11H,6-7H2,1-3H3/t10-,11-/m1/s1. The maximum atomic E-state index is 12.3. The first kappa shape index (κ1) is 14.6. The predicted octanol–water partition coefficient (Wildman–Crippen LogP) is 0.851. The number of morpholine rings is 1. The van der Waals surface area contributed by atoms with Crippen molar-refractivity contribution in [3.8, 4) is 11.4 Å². The van der Waals surface area contributed by atoms with E-state index in [4.69, 9.17) is 4.74 Å². The Balaban J connectivity index is 2.08. The van der Waals surface area contributed by atoms with Crippen molar-refractivity contribution in [2.45, 2.75) is 26.0 Å². The van der Waals surface area contributed by atoms with E-state index in [0.717, 1.165) is 0 Å². The first-order valence-corrected chi connectivity index (χ1v) is 7.30. The van der Waals surface area contributed by atoms with E-state index in [0.29, 0.717) is 30.5 Å². The third kappa shape index (κ3) is 2.59. The Bertz CT molecular complexity index is 716. The zero-order valence-corrected chi connectivity index (χ0v) is 12.9. The zero-order chi connectivity index (χ0) is 15.7. The van der Waals surface area contributed by atoms with Crippen LogP contribution in [0.2, 0.25) is 0 Å². The third-order valence-electron chi connectivity index (χ3n) is 4.10. The minimum absolute atomic E-state index is 0.0911. The summed E-state index contributed by atoms with van der Waals surface area (Å²) in [6.45, 7) is 5.44. The Morgan fingerprint density at radius 3 is 2.86 bits per heavy atom. The van der Waals surface area contributed by atoms with Crippen LogP contribution in [0.3, 0.4) is 0 Å². The zero-order valence-electron chi connectivity index (χ0n) is 12.9. The van der Waals surface area contributed by atoms with Crippen LogP contribution in [0.4, 0.5) is 5.95 Å². The number of hydrogen-bond donors (Lipinski definition) is 0. The second-order valence-electron chi connectivity index (χ2n) is 5.44. The molecule has 0 unspecified atom stereocenters. The van der Waals surface area contributed by atoms with E-state index in [2.05, 4.69) is 26.8 Å². The third-order valence-corrected chi connectivity index (χ3v) is 4.10. The van der Waals surface area contributed by atoms with Crippen LogP contribution in [-0.4, -0.2) is 44.8 Å². The summed E-state index contributed by atoms with van der Waals surface area (Å²) in [5, 5.41) is 0. The van der Waals surface area contributed by atoms with Crippen LogP contribution in [-0.2, 0) is 11.8 Å². The van der Waals surface area contributed by atoms with Gasteiger partial charge in [-0.15, -0.1) is 0 Å². The van der Waals surface area contributed by atoms with Crippen LogP contribution in [0.25, 0.3) is 11.4 Å². The van der Waals surface area contributed by atoms with Gasteiger partial charge in [0.2, 0.25) is 5.95 Å². The van der Waals surface area contributed by atoms with Crippen molar-refractivity contribution in [3.63, 3.8) is 0 Å². The lowest BCUT2D eigenvalue weighted by Gasteiger charge is -2.39. The molecular formula is C15H19N5O2. The predicted molar refractivity (Wildman–Crippen MR) is 82.7 cm³/mol. The van der Waals surface area contributed by atoms with Gasteiger partial charge in [-0.05, 0) is 19.9 Å². The summed E-state index contributed by atoms with van der Waals surface area (Å²) < 4.78 is 7.22. The summed E-state index contributed by atoms with van der Waals surface area (Å²) in [6.07, 6.45) is 3.18. The molecular weight excluding hydrogens is 282 g/mol.